The first-order valence-corrected chi connectivity index (χ1v) is 8.07. The van der Waals surface area contributed by atoms with Crippen LogP contribution in [0.4, 0.5) is 0 Å². The molecule has 7 heteroatoms. The molecule has 3 rings (SSSR count). The second-order valence-corrected chi connectivity index (χ2v) is 5.72. The van der Waals surface area contributed by atoms with Crippen LogP contribution < -0.4 is 19.6 Å². The number of hydrogen-bond donors (Lipinski definition) is 1. The summed E-state index contributed by atoms with van der Waals surface area (Å²) in [6.45, 7) is 0. The first-order valence-electron chi connectivity index (χ1n) is 8.07. The number of rotatable bonds is 6. The number of benzene rings is 2. The summed E-state index contributed by atoms with van der Waals surface area (Å²) < 4.78 is 22.0. The van der Waals surface area contributed by atoms with Crippen LogP contribution in [0.5, 0.6) is 17.2 Å². The molecule has 0 saturated carbocycles. The minimum atomic E-state index is -1.01. The highest BCUT2D eigenvalue weighted by Crippen LogP contribution is 2.44. The van der Waals surface area contributed by atoms with Gasteiger partial charge in [0.05, 0.1) is 38.7 Å². The van der Waals surface area contributed by atoms with Gasteiger partial charge in [0.15, 0.2) is 16.9 Å². The van der Waals surface area contributed by atoms with E-state index < -0.39 is 5.97 Å². The number of methoxy groups -OCH3 is 3. The molecule has 1 N–H and O–H groups in total. The van der Waals surface area contributed by atoms with E-state index in [0.29, 0.717) is 33.8 Å². The van der Waals surface area contributed by atoms with Gasteiger partial charge in [0.1, 0.15) is 11.3 Å². The largest absolute Gasteiger partial charge is 0.493 e. The lowest BCUT2D eigenvalue weighted by Crippen LogP contribution is -2.06. The molecule has 1 heterocycles. The molecule has 0 atom stereocenters. The van der Waals surface area contributed by atoms with E-state index in [1.165, 1.54) is 27.4 Å². The van der Waals surface area contributed by atoms with Crippen molar-refractivity contribution in [2.75, 3.05) is 21.3 Å². The lowest BCUT2D eigenvalue weighted by atomic mass is 10.1. The average molecular weight is 370 g/mol. The highest BCUT2D eigenvalue weighted by Gasteiger charge is 2.20. The SMILES string of the molecule is COc1ccc(-c2cc(=O)c3cccc(CC(=O)O)c3o2)c(OC)c1OC. The Labute approximate surface area is 154 Å². The van der Waals surface area contributed by atoms with Crippen molar-refractivity contribution in [1.29, 1.82) is 0 Å². The minimum Gasteiger partial charge on any atom is -0.493 e. The van der Waals surface area contributed by atoms with Crippen molar-refractivity contribution < 1.29 is 28.5 Å². The fourth-order valence-corrected chi connectivity index (χ4v) is 2.97. The first-order chi connectivity index (χ1) is 13.0. The van der Waals surface area contributed by atoms with Crippen molar-refractivity contribution in [1.82, 2.24) is 0 Å². The molecule has 0 aliphatic heterocycles. The Morgan fingerprint density at radius 1 is 1.04 bits per heavy atom. The third-order valence-electron chi connectivity index (χ3n) is 4.15. The molecule has 0 fully saturated rings. The Morgan fingerprint density at radius 2 is 1.78 bits per heavy atom. The summed E-state index contributed by atoms with van der Waals surface area (Å²) in [7, 11) is 4.45. The molecule has 0 saturated heterocycles. The number of carbonyl (C=O) groups is 1. The molecule has 27 heavy (non-hydrogen) atoms. The van der Waals surface area contributed by atoms with Gasteiger partial charge in [-0.2, -0.15) is 0 Å². The molecule has 3 aromatic rings. The fourth-order valence-electron chi connectivity index (χ4n) is 2.97. The zero-order chi connectivity index (χ0) is 19.6. The highest BCUT2D eigenvalue weighted by molar-refractivity contribution is 5.86. The van der Waals surface area contributed by atoms with Gasteiger partial charge in [0, 0.05) is 11.6 Å². The van der Waals surface area contributed by atoms with Crippen LogP contribution in [0.3, 0.4) is 0 Å². The molecule has 0 amide bonds. The third kappa shape index (κ3) is 3.31. The van der Waals surface area contributed by atoms with Crippen LogP contribution in [0.15, 0.2) is 45.6 Å². The van der Waals surface area contributed by atoms with Crippen LogP contribution in [-0.2, 0) is 11.2 Å². The standard InChI is InChI=1S/C20H18O7/c1-24-15-8-7-13(19(25-2)20(15)26-3)16-10-14(21)12-6-4-5-11(9-17(22)23)18(12)27-16/h4-8,10H,9H2,1-3H3,(H,22,23). The summed E-state index contributed by atoms with van der Waals surface area (Å²) >= 11 is 0. The van der Waals surface area contributed by atoms with Crippen molar-refractivity contribution in [3.05, 3.63) is 52.2 Å². The quantitative estimate of drug-likeness (QED) is 0.712. The molecule has 1 aromatic heterocycles. The maximum Gasteiger partial charge on any atom is 0.307 e. The topological polar surface area (TPSA) is 95.2 Å². The molecule has 0 aliphatic rings. The van der Waals surface area contributed by atoms with Crippen LogP contribution in [0.25, 0.3) is 22.3 Å². The van der Waals surface area contributed by atoms with Crippen molar-refractivity contribution in [3.8, 4) is 28.6 Å². The molecule has 0 bridgehead atoms. The Hall–Kier alpha value is -3.48. The highest BCUT2D eigenvalue weighted by atomic mass is 16.5. The maximum atomic E-state index is 12.6. The lowest BCUT2D eigenvalue weighted by molar-refractivity contribution is -0.136. The zero-order valence-electron chi connectivity index (χ0n) is 15.1. The van der Waals surface area contributed by atoms with Crippen LogP contribution in [0, 0.1) is 0 Å². The molecular formula is C20H18O7. The molecule has 0 radical (unpaired) electrons. The van der Waals surface area contributed by atoms with Gasteiger partial charge < -0.3 is 23.7 Å². The first kappa shape index (κ1) is 18.3. The zero-order valence-corrected chi connectivity index (χ0v) is 15.1. The summed E-state index contributed by atoms with van der Waals surface area (Å²) in [5.41, 5.74) is 0.854. The molecule has 7 nitrogen and oxygen atoms in total. The van der Waals surface area contributed by atoms with Gasteiger partial charge in [0.2, 0.25) is 5.75 Å². The summed E-state index contributed by atoms with van der Waals surface area (Å²) in [6.07, 6.45) is -0.257. The van der Waals surface area contributed by atoms with Crippen LogP contribution in [-0.4, -0.2) is 32.4 Å². The Bertz CT molecular complexity index is 1070. The smallest absolute Gasteiger partial charge is 0.307 e. The van der Waals surface area contributed by atoms with E-state index in [1.54, 1.807) is 30.3 Å². The number of para-hydroxylation sites is 1. The van der Waals surface area contributed by atoms with E-state index in [9.17, 15) is 9.59 Å². The monoisotopic (exact) mass is 370 g/mol. The average Bonchev–Trinajstić information content (AvgIpc) is 2.66. The van der Waals surface area contributed by atoms with Gasteiger partial charge >= 0.3 is 5.97 Å². The second-order valence-electron chi connectivity index (χ2n) is 5.72. The molecular weight excluding hydrogens is 352 g/mol. The number of ether oxygens (including phenoxy) is 3. The van der Waals surface area contributed by atoms with Crippen molar-refractivity contribution in [2.24, 2.45) is 0 Å². The van der Waals surface area contributed by atoms with Crippen LogP contribution >= 0.6 is 0 Å². The number of carboxylic acid groups (broad SMARTS) is 1. The maximum absolute atomic E-state index is 12.6. The summed E-state index contributed by atoms with van der Waals surface area (Å²) in [4.78, 5) is 23.7. The lowest BCUT2D eigenvalue weighted by Gasteiger charge is -2.15. The number of aliphatic carboxylic acids is 1. The normalized spacial score (nSPS) is 10.6. The predicted octanol–water partition coefficient (Wildman–Crippen LogP) is 3.11. The Morgan fingerprint density at radius 3 is 2.41 bits per heavy atom. The van der Waals surface area contributed by atoms with Gasteiger partial charge in [-0.3, -0.25) is 9.59 Å². The number of hydrogen-bond acceptors (Lipinski definition) is 6. The van der Waals surface area contributed by atoms with E-state index in [2.05, 4.69) is 0 Å². The molecule has 0 aliphatic carbocycles. The van der Waals surface area contributed by atoms with E-state index in [0.717, 1.165) is 0 Å². The number of carboxylic acids is 1. The number of fused-ring (bicyclic) bond motifs is 1. The third-order valence-corrected chi connectivity index (χ3v) is 4.15. The van der Waals surface area contributed by atoms with Gasteiger partial charge in [0.25, 0.3) is 0 Å². The fraction of sp³-hybridized carbons (Fsp3) is 0.200. The second kappa shape index (κ2) is 7.41. The van der Waals surface area contributed by atoms with E-state index in [-0.39, 0.29) is 23.2 Å². The van der Waals surface area contributed by atoms with E-state index >= 15 is 0 Å². The van der Waals surface area contributed by atoms with Gasteiger partial charge in [-0.15, -0.1) is 0 Å². The minimum absolute atomic E-state index is 0.235. The van der Waals surface area contributed by atoms with Gasteiger partial charge in [-0.05, 0) is 18.2 Å². The summed E-state index contributed by atoms with van der Waals surface area (Å²) in [6, 6.07) is 9.55. The van der Waals surface area contributed by atoms with Crippen LogP contribution in [0.2, 0.25) is 0 Å². The summed E-state index contributed by atoms with van der Waals surface area (Å²) in [5, 5.41) is 9.44. The molecule has 140 valence electrons. The van der Waals surface area contributed by atoms with Crippen molar-refractivity contribution in [2.45, 2.75) is 6.42 Å². The Balaban J connectivity index is 2.30. The van der Waals surface area contributed by atoms with Crippen molar-refractivity contribution in [3.63, 3.8) is 0 Å². The molecule has 2 aromatic carbocycles. The van der Waals surface area contributed by atoms with E-state index in [1.807, 2.05) is 0 Å². The predicted molar refractivity (Wildman–Crippen MR) is 98.9 cm³/mol. The molecule has 0 unspecified atom stereocenters. The van der Waals surface area contributed by atoms with E-state index in [4.69, 9.17) is 23.7 Å². The van der Waals surface area contributed by atoms with Crippen molar-refractivity contribution >= 4 is 16.9 Å². The van der Waals surface area contributed by atoms with Gasteiger partial charge in [-0.25, -0.2) is 0 Å². The molecule has 0 spiro atoms. The van der Waals surface area contributed by atoms with Crippen LogP contribution in [0.1, 0.15) is 5.56 Å². The Kier molecular flexibility index (Phi) is 5.03. The van der Waals surface area contributed by atoms with Gasteiger partial charge in [-0.1, -0.05) is 12.1 Å². The summed E-state index contributed by atoms with van der Waals surface area (Å²) in [5.74, 6) is 0.393.